The van der Waals surface area contributed by atoms with E-state index in [0.29, 0.717) is 12.8 Å². The number of aliphatic hydroxyl groups excluding tert-OH is 2. The van der Waals surface area contributed by atoms with E-state index in [1.54, 1.807) is 25.2 Å². The van der Waals surface area contributed by atoms with Crippen molar-refractivity contribution in [3.05, 3.63) is 33.8 Å². The van der Waals surface area contributed by atoms with Gasteiger partial charge in [0.15, 0.2) is 0 Å². The maximum absolute atomic E-state index is 13.7. The lowest BCUT2D eigenvalue weighted by atomic mass is 9.71. The largest absolute Gasteiger partial charge is 0.458 e. The third-order valence-electron chi connectivity index (χ3n) is 8.16. The maximum Gasteiger partial charge on any atom is 0.309 e. The van der Waals surface area contributed by atoms with Gasteiger partial charge in [0, 0.05) is 17.7 Å². The van der Waals surface area contributed by atoms with E-state index in [2.05, 4.69) is 11.9 Å². The van der Waals surface area contributed by atoms with Crippen LogP contribution in [0.1, 0.15) is 90.8 Å². The van der Waals surface area contributed by atoms with Gasteiger partial charge in [-0.2, -0.15) is 0 Å². The Morgan fingerprint density at radius 3 is 2.58 bits per heavy atom. The Hall–Kier alpha value is -1.87. The van der Waals surface area contributed by atoms with Crippen LogP contribution >= 0.6 is 11.3 Å². The Labute approximate surface area is 231 Å². The average molecular weight is 548 g/mol. The first-order valence-electron chi connectivity index (χ1n) is 13.7. The van der Waals surface area contributed by atoms with Crippen molar-refractivity contribution in [3.8, 4) is 0 Å². The molecule has 3 rings (SSSR count). The fourth-order valence-corrected chi connectivity index (χ4v) is 5.81. The molecule has 0 amide bonds. The highest BCUT2D eigenvalue weighted by Crippen LogP contribution is 2.44. The molecule has 0 bridgehead atoms. The molecule has 0 saturated carbocycles. The van der Waals surface area contributed by atoms with Gasteiger partial charge in [-0.25, -0.2) is 4.98 Å². The number of ether oxygens (including phenoxy) is 2. The molecule has 0 radical (unpaired) electrons. The molecule has 2 aliphatic rings. The number of esters is 1. The first kappa shape index (κ1) is 30.7. The molecule has 7 nitrogen and oxygen atoms in total. The number of cyclic esters (lactones) is 1. The Morgan fingerprint density at radius 2 is 1.95 bits per heavy atom. The molecule has 0 aliphatic carbocycles. The summed E-state index contributed by atoms with van der Waals surface area (Å²) in [4.78, 5) is 31.2. The first-order chi connectivity index (χ1) is 17.7. The number of carbonyl (C=O) groups is 2. The van der Waals surface area contributed by atoms with Crippen molar-refractivity contribution in [2.45, 2.75) is 117 Å². The predicted molar refractivity (Wildman–Crippen MR) is 150 cm³/mol. The molecule has 3 heterocycles. The number of Topliss-reactive ketones (excluding diaryl/α,β-unsaturated/α-hetero) is 1. The van der Waals surface area contributed by atoms with Crippen molar-refractivity contribution in [3.63, 3.8) is 0 Å². The van der Waals surface area contributed by atoms with Crippen molar-refractivity contribution in [1.82, 2.24) is 4.98 Å². The fourth-order valence-electron chi connectivity index (χ4n) is 5.23. The molecule has 0 spiro atoms. The van der Waals surface area contributed by atoms with Crippen molar-refractivity contribution < 1.29 is 29.3 Å². The highest BCUT2D eigenvalue weighted by atomic mass is 32.1. The van der Waals surface area contributed by atoms with Gasteiger partial charge < -0.3 is 19.7 Å². The fraction of sp³-hybridized carbons (Fsp3) is 0.700. The third kappa shape index (κ3) is 7.84. The third-order valence-corrected chi connectivity index (χ3v) is 8.95. The number of thiazole rings is 1. The normalized spacial score (nSPS) is 35.0. The van der Waals surface area contributed by atoms with Gasteiger partial charge in [0.2, 0.25) is 0 Å². The number of epoxide rings is 1. The molecule has 2 aliphatic heterocycles. The lowest BCUT2D eigenvalue weighted by Gasteiger charge is -2.35. The van der Waals surface area contributed by atoms with E-state index in [9.17, 15) is 19.8 Å². The summed E-state index contributed by atoms with van der Waals surface area (Å²) in [5.41, 5.74) is 0.315. The van der Waals surface area contributed by atoms with Crippen LogP contribution in [0.25, 0.3) is 6.08 Å². The average Bonchev–Trinajstić information content (AvgIpc) is 3.26. The number of hydrogen-bond acceptors (Lipinski definition) is 8. The molecule has 2 fully saturated rings. The minimum atomic E-state index is -1.25. The van der Waals surface area contributed by atoms with Crippen LogP contribution in [0.3, 0.4) is 0 Å². The van der Waals surface area contributed by atoms with Crippen molar-refractivity contribution >= 4 is 29.2 Å². The Morgan fingerprint density at radius 1 is 1.24 bits per heavy atom. The molecular weight excluding hydrogens is 502 g/mol. The van der Waals surface area contributed by atoms with Gasteiger partial charge in [-0.05, 0) is 65.0 Å². The number of rotatable bonds is 4. The topological polar surface area (TPSA) is 109 Å². The number of fused-ring (bicyclic) bond motifs is 1. The first-order valence-corrected chi connectivity index (χ1v) is 14.6. The summed E-state index contributed by atoms with van der Waals surface area (Å²) in [6.45, 7) is 13.2. The van der Waals surface area contributed by atoms with Gasteiger partial charge in [-0.15, -0.1) is 11.3 Å². The number of carbonyl (C=O) groups excluding carboxylic acids is 2. The van der Waals surface area contributed by atoms with Gasteiger partial charge >= 0.3 is 5.97 Å². The van der Waals surface area contributed by atoms with Crippen LogP contribution in [-0.4, -0.2) is 57.0 Å². The molecule has 212 valence electrons. The molecule has 2 N–H and O–H groups in total. The minimum absolute atomic E-state index is 0.0522. The summed E-state index contributed by atoms with van der Waals surface area (Å²) in [6, 6.07) is 0. The highest BCUT2D eigenvalue weighted by Gasteiger charge is 2.52. The van der Waals surface area contributed by atoms with Crippen LogP contribution in [0, 0.1) is 24.2 Å². The monoisotopic (exact) mass is 547 g/mol. The molecule has 38 heavy (non-hydrogen) atoms. The number of hydrogen-bond donors (Lipinski definition) is 2. The second kappa shape index (κ2) is 12.5. The van der Waals surface area contributed by atoms with Gasteiger partial charge in [0.25, 0.3) is 0 Å². The Kier molecular flexibility index (Phi) is 10.1. The zero-order valence-electron chi connectivity index (χ0n) is 23.9. The van der Waals surface area contributed by atoms with E-state index in [4.69, 9.17) is 9.47 Å². The second-order valence-electron chi connectivity index (χ2n) is 12.1. The summed E-state index contributed by atoms with van der Waals surface area (Å²) in [5.74, 6) is -1.59. The summed E-state index contributed by atoms with van der Waals surface area (Å²) in [5, 5.41) is 25.2. The number of allylic oxidation sites excluding steroid dienone is 2. The SMILES string of the molecule is CC(C)=CCC1C(=O)C(C)(C)C(O)CC(=O)OC(C=Cc2csc(C)n2)CC2OC2(C)CCCC(C)C1O. The molecule has 8 heteroatoms. The zero-order chi connectivity index (χ0) is 28.3. The van der Waals surface area contributed by atoms with E-state index in [-0.39, 0.29) is 29.8 Å². The maximum atomic E-state index is 13.7. The number of aryl methyl sites for hydroxylation is 1. The summed E-state index contributed by atoms with van der Waals surface area (Å²) in [7, 11) is 0. The molecule has 7 unspecified atom stereocenters. The van der Waals surface area contributed by atoms with E-state index in [0.717, 1.165) is 35.5 Å². The smallest absolute Gasteiger partial charge is 0.309 e. The van der Waals surface area contributed by atoms with Gasteiger partial charge in [0.05, 0.1) is 46.5 Å². The summed E-state index contributed by atoms with van der Waals surface area (Å²) in [6.07, 6.45) is 5.94. The molecular formula is C30H45NO6S. The standard InChI is InChI=1S/C30H45NO6S/c1-18(2)10-13-23-27(34)19(3)9-8-14-30(7)25(37-30)15-22(12-11-21-17-38-20(4)31-21)36-26(33)16-24(32)29(5,6)28(23)35/h10-12,17,19,22-25,27,32,34H,8-9,13-16H2,1-7H3. The minimum Gasteiger partial charge on any atom is -0.458 e. The highest BCUT2D eigenvalue weighted by molar-refractivity contribution is 7.09. The van der Waals surface area contributed by atoms with Gasteiger partial charge in [-0.3, -0.25) is 9.59 Å². The summed E-state index contributed by atoms with van der Waals surface area (Å²) < 4.78 is 11.9. The van der Waals surface area contributed by atoms with Crippen LogP contribution in [0.5, 0.6) is 0 Å². The predicted octanol–water partition coefficient (Wildman–Crippen LogP) is 5.42. The molecule has 1 aromatic heterocycles. The molecule has 0 aromatic carbocycles. The number of nitrogens with zero attached hydrogens (tertiary/aromatic N) is 1. The van der Waals surface area contributed by atoms with E-state index in [1.807, 2.05) is 51.3 Å². The van der Waals surface area contributed by atoms with Crippen molar-refractivity contribution in [2.24, 2.45) is 17.3 Å². The molecule has 2 saturated heterocycles. The molecule has 1 aromatic rings. The number of aromatic nitrogens is 1. The Balaban J connectivity index is 1.86. The Bertz CT molecular complexity index is 1040. The number of ketones is 1. The van der Waals surface area contributed by atoms with Crippen LogP contribution in [0.15, 0.2) is 23.1 Å². The second-order valence-corrected chi connectivity index (χ2v) is 13.2. The van der Waals surface area contributed by atoms with Crippen LogP contribution in [-0.2, 0) is 19.1 Å². The lowest BCUT2D eigenvalue weighted by Crippen LogP contribution is -2.46. The van der Waals surface area contributed by atoms with E-state index >= 15 is 0 Å². The van der Waals surface area contributed by atoms with Gasteiger partial charge in [0.1, 0.15) is 11.9 Å². The zero-order valence-corrected chi connectivity index (χ0v) is 24.7. The van der Waals surface area contributed by atoms with Crippen LogP contribution in [0.2, 0.25) is 0 Å². The van der Waals surface area contributed by atoms with Crippen molar-refractivity contribution in [2.75, 3.05) is 0 Å². The van der Waals surface area contributed by atoms with E-state index in [1.165, 1.54) is 0 Å². The van der Waals surface area contributed by atoms with Crippen LogP contribution < -0.4 is 0 Å². The quantitative estimate of drug-likeness (QED) is 0.294. The number of aliphatic hydroxyl groups is 2. The molecule has 7 atom stereocenters. The van der Waals surface area contributed by atoms with Crippen molar-refractivity contribution in [1.29, 1.82) is 0 Å². The van der Waals surface area contributed by atoms with E-state index < -0.39 is 35.6 Å². The van der Waals surface area contributed by atoms with Gasteiger partial charge in [-0.1, -0.05) is 38.8 Å². The summed E-state index contributed by atoms with van der Waals surface area (Å²) >= 11 is 1.55. The van der Waals surface area contributed by atoms with Crippen LogP contribution in [0.4, 0.5) is 0 Å². The lowest BCUT2D eigenvalue weighted by molar-refractivity contribution is -0.154.